The minimum Gasteiger partial charge on any atom is -0.490 e. The Kier molecular flexibility index (Phi) is 4.92. The van der Waals surface area contributed by atoms with Gasteiger partial charge in [-0.05, 0) is 12.1 Å². The number of amides is 1. The standard InChI is InChI=1S/C17H15Cl2N3O2/c18-5-6-24-15-8-14-11(7-13(15)20)17(21-9-16(23)22-14)10-3-1-2-4-12(10)19/h1-4,7-8H,5-6,9,20H2,(H,22,23). The maximum atomic E-state index is 12.0. The van der Waals surface area contributed by atoms with Crippen LogP contribution in [0.25, 0.3) is 0 Å². The molecule has 0 bridgehead atoms. The number of anilines is 2. The zero-order valence-corrected chi connectivity index (χ0v) is 14.2. The third kappa shape index (κ3) is 3.32. The molecule has 0 saturated heterocycles. The molecule has 0 spiro atoms. The Bertz CT molecular complexity index is 821. The zero-order chi connectivity index (χ0) is 17.1. The number of nitrogens with two attached hydrogens (primary N) is 1. The fourth-order valence-electron chi connectivity index (χ4n) is 2.48. The molecule has 2 aromatic carbocycles. The molecule has 1 aliphatic heterocycles. The molecule has 124 valence electrons. The molecule has 7 heteroatoms. The van der Waals surface area contributed by atoms with Gasteiger partial charge in [-0.15, -0.1) is 11.6 Å². The van der Waals surface area contributed by atoms with Crippen LogP contribution >= 0.6 is 23.2 Å². The number of ether oxygens (including phenoxy) is 1. The highest BCUT2D eigenvalue weighted by molar-refractivity contribution is 6.36. The van der Waals surface area contributed by atoms with Crippen LogP contribution in [0.1, 0.15) is 11.1 Å². The average molecular weight is 364 g/mol. The Morgan fingerprint density at radius 1 is 1.25 bits per heavy atom. The number of nitrogens with one attached hydrogen (secondary N) is 1. The lowest BCUT2D eigenvalue weighted by molar-refractivity contribution is -0.114. The number of alkyl halides is 1. The van der Waals surface area contributed by atoms with Gasteiger partial charge in [-0.25, -0.2) is 0 Å². The number of fused-ring (bicyclic) bond motifs is 1. The van der Waals surface area contributed by atoms with E-state index in [9.17, 15) is 4.79 Å². The molecule has 0 saturated carbocycles. The second-order valence-corrected chi connectivity index (χ2v) is 5.95. The summed E-state index contributed by atoms with van der Waals surface area (Å²) >= 11 is 11.9. The third-order valence-electron chi connectivity index (χ3n) is 3.52. The van der Waals surface area contributed by atoms with Crippen molar-refractivity contribution in [2.45, 2.75) is 0 Å². The van der Waals surface area contributed by atoms with Gasteiger partial charge in [0.1, 0.15) is 18.9 Å². The van der Waals surface area contributed by atoms with Crippen molar-refractivity contribution >= 4 is 46.2 Å². The Labute approximate surface area is 149 Å². The predicted molar refractivity (Wildman–Crippen MR) is 97.7 cm³/mol. The summed E-state index contributed by atoms with van der Waals surface area (Å²) in [5.41, 5.74) is 9.15. The van der Waals surface area contributed by atoms with Gasteiger partial charge in [0.05, 0.1) is 23.0 Å². The van der Waals surface area contributed by atoms with Crippen molar-refractivity contribution < 1.29 is 9.53 Å². The Morgan fingerprint density at radius 2 is 2.04 bits per heavy atom. The minimum absolute atomic E-state index is 0.00696. The first-order valence-corrected chi connectivity index (χ1v) is 8.23. The van der Waals surface area contributed by atoms with Gasteiger partial charge in [0.15, 0.2) is 0 Å². The van der Waals surface area contributed by atoms with Crippen molar-refractivity contribution in [2.24, 2.45) is 4.99 Å². The summed E-state index contributed by atoms with van der Waals surface area (Å²) in [5.74, 6) is 0.594. The molecule has 1 aliphatic rings. The summed E-state index contributed by atoms with van der Waals surface area (Å²) in [6.07, 6.45) is 0. The molecule has 0 aromatic heterocycles. The minimum atomic E-state index is -0.216. The predicted octanol–water partition coefficient (Wildman–Crippen LogP) is 3.33. The van der Waals surface area contributed by atoms with Crippen LogP contribution in [-0.2, 0) is 4.79 Å². The molecule has 0 unspecified atom stereocenters. The monoisotopic (exact) mass is 363 g/mol. The molecule has 0 aliphatic carbocycles. The molecule has 3 rings (SSSR count). The van der Waals surface area contributed by atoms with Gasteiger partial charge in [-0.2, -0.15) is 0 Å². The van der Waals surface area contributed by atoms with E-state index in [0.717, 1.165) is 5.56 Å². The molecule has 1 amide bonds. The van der Waals surface area contributed by atoms with E-state index < -0.39 is 0 Å². The summed E-state index contributed by atoms with van der Waals surface area (Å²) in [5, 5.41) is 3.37. The zero-order valence-electron chi connectivity index (χ0n) is 12.7. The van der Waals surface area contributed by atoms with Crippen molar-refractivity contribution in [1.82, 2.24) is 0 Å². The molecule has 24 heavy (non-hydrogen) atoms. The molecular weight excluding hydrogens is 349 g/mol. The molecule has 0 radical (unpaired) electrons. The lowest BCUT2D eigenvalue weighted by atomic mass is 9.99. The number of benzodiazepines with no additional fused rings is 1. The number of hydrogen-bond acceptors (Lipinski definition) is 4. The summed E-state index contributed by atoms with van der Waals surface area (Å²) in [4.78, 5) is 16.4. The van der Waals surface area contributed by atoms with Crippen LogP contribution in [0.2, 0.25) is 5.02 Å². The second-order valence-electron chi connectivity index (χ2n) is 5.17. The third-order valence-corrected chi connectivity index (χ3v) is 4.01. The van der Waals surface area contributed by atoms with Crippen LogP contribution in [0.15, 0.2) is 41.4 Å². The fourth-order valence-corrected chi connectivity index (χ4v) is 2.78. The number of rotatable bonds is 4. The summed E-state index contributed by atoms with van der Waals surface area (Å²) in [6.45, 7) is 0.330. The number of hydrogen-bond donors (Lipinski definition) is 2. The van der Waals surface area contributed by atoms with E-state index in [4.69, 9.17) is 33.7 Å². The van der Waals surface area contributed by atoms with E-state index in [1.165, 1.54) is 0 Å². The topological polar surface area (TPSA) is 76.7 Å². The van der Waals surface area contributed by atoms with E-state index in [-0.39, 0.29) is 12.5 Å². The van der Waals surface area contributed by atoms with Gasteiger partial charge < -0.3 is 15.8 Å². The van der Waals surface area contributed by atoms with E-state index in [2.05, 4.69) is 10.3 Å². The highest BCUT2D eigenvalue weighted by Crippen LogP contribution is 2.33. The molecule has 5 nitrogen and oxygen atoms in total. The van der Waals surface area contributed by atoms with Crippen LogP contribution in [0.3, 0.4) is 0 Å². The van der Waals surface area contributed by atoms with Gasteiger partial charge in [0.2, 0.25) is 5.91 Å². The van der Waals surface area contributed by atoms with Crippen molar-refractivity contribution in [2.75, 3.05) is 30.1 Å². The van der Waals surface area contributed by atoms with Gasteiger partial charge in [-0.3, -0.25) is 9.79 Å². The van der Waals surface area contributed by atoms with Crippen molar-refractivity contribution in [3.05, 3.63) is 52.5 Å². The summed E-state index contributed by atoms with van der Waals surface area (Å²) in [7, 11) is 0. The van der Waals surface area contributed by atoms with Gasteiger partial charge in [0.25, 0.3) is 0 Å². The highest BCUT2D eigenvalue weighted by Gasteiger charge is 2.21. The van der Waals surface area contributed by atoms with Crippen LogP contribution < -0.4 is 15.8 Å². The molecule has 0 fully saturated rings. The quantitative estimate of drug-likeness (QED) is 0.645. The van der Waals surface area contributed by atoms with Gasteiger partial charge in [-0.1, -0.05) is 29.8 Å². The second kappa shape index (κ2) is 7.11. The molecule has 3 N–H and O–H groups in total. The van der Waals surface area contributed by atoms with E-state index in [0.29, 0.717) is 45.9 Å². The van der Waals surface area contributed by atoms with Gasteiger partial charge in [0, 0.05) is 22.2 Å². The van der Waals surface area contributed by atoms with Crippen LogP contribution in [0.4, 0.5) is 11.4 Å². The van der Waals surface area contributed by atoms with E-state index in [1.54, 1.807) is 18.2 Å². The highest BCUT2D eigenvalue weighted by atomic mass is 35.5. The van der Waals surface area contributed by atoms with E-state index in [1.807, 2.05) is 18.2 Å². The van der Waals surface area contributed by atoms with Crippen molar-refractivity contribution in [3.8, 4) is 5.75 Å². The SMILES string of the molecule is Nc1cc2c(cc1OCCCl)NC(=O)CN=C2c1ccccc1Cl. The van der Waals surface area contributed by atoms with Crippen LogP contribution in [0.5, 0.6) is 5.75 Å². The first-order chi connectivity index (χ1) is 11.6. The molecular formula is C17H15Cl2N3O2. The largest absolute Gasteiger partial charge is 0.490 e. The first kappa shape index (κ1) is 16.6. The van der Waals surface area contributed by atoms with E-state index >= 15 is 0 Å². The number of nitrogen functional groups attached to an aromatic ring is 1. The number of aliphatic imine (C=N–C) groups is 1. The lowest BCUT2D eigenvalue weighted by Crippen LogP contribution is -2.14. The molecule has 2 aromatic rings. The number of benzene rings is 2. The first-order valence-electron chi connectivity index (χ1n) is 7.32. The summed E-state index contributed by atoms with van der Waals surface area (Å²) in [6, 6.07) is 10.8. The Balaban J connectivity index is 2.13. The summed E-state index contributed by atoms with van der Waals surface area (Å²) < 4.78 is 5.52. The van der Waals surface area contributed by atoms with Crippen molar-refractivity contribution in [3.63, 3.8) is 0 Å². The average Bonchev–Trinajstić information content (AvgIpc) is 2.72. The van der Waals surface area contributed by atoms with Gasteiger partial charge >= 0.3 is 0 Å². The smallest absolute Gasteiger partial charge is 0.246 e. The number of carbonyl (C=O) groups excluding carboxylic acids is 1. The number of carbonyl (C=O) groups is 1. The molecule has 1 heterocycles. The molecule has 0 atom stereocenters. The fraction of sp³-hybridized carbons (Fsp3) is 0.176. The van der Waals surface area contributed by atoms with Crippen LogP contribution in [-0.4, -0.2) is 30.7 Å². The normalized spacial score (nSPS) is 13.6. The number of nitrogens with zero attached hydrogens (tertiary/aromatic N) is 1. The van der Waals surface area contributed by atoms with Crippen LogP contribution in [0, 0.1) is 0 Å². The lowest BCUT2D eigenvalue weighted by Gasteiger charge is -2.15. The maximum absolute atomic E-state index is 12.0. The Morgan fingerprint density at radius 3 is 2.79 bits per heavy atom. The Hall–Kier alpha value is -2.24. The maximum Gasteiger partial charge on any atom is 0.246 e. The number of halogens is 2. The van der Waals surface area contributed by atoms with Crippen molar-refractivity contribution in [1.29, 1.82) is 0 Å².